The minimum absolute atomic E-state index is 0.188. The Hall–Kier alpha value is -2.62. The molecule has 10 heteroatoms. The van der Waals surface area contributed by atoms with Crippen molar-refractivity contribution in [3.8, 4) is 0 Å². The molecule has 2 N–H and O–H groups in total. The van der Waals surface area contributed by atoms with Gasteiger partial charge in [-0.05, 0) is 49.9 Å². The molecule has 2 atom stereocenters. The predicted octanol–water partition coefficient (Wildman–Crippen LogP) is 0.747. The van der Waals surface area contributed by atoms with Crippen LogP contribution in [0, 0.1) is 0 Å². The second-order valence-corrected chi connectivity index (χ2v) is 9.44. The number of hydrogen-bond acceptors (Lipinski definition) is 4. The molecule has 1 aromatic carbocycles. The number of amidine groups is 1. The maximum absolute atomic E-state index is 12.9. The molecule has 0 spiro atoms. The van der Waals surface area contributed by atoms with E-state index in [0.717, 1.165) is 45.0 Å². The van der Waals surface area contributed by atoms with Crippen molar-refractivity contribution in [1.29, 1.82) is 0 Å². The zero-order chi connectivity index (χ0) is 20.8. The van der Waals surface area contributed by atoms with E-state index in [2.05, 4.69) is 4.40 Å². The highest BCUT2D eigenvalue weighted by atomic mass is 32.2. The van der Waals surface area contributed by atoms with Crippen LogP contribution < -0.4 is 10.6 Å². The van der Waals surface area contributed by atoms with Crippen molar-refractivity contribution in [3.63, 3.8) is 0 Å². The van der Waals surface area contributed by atoms with Crippen molar-refractivity contribution in [2.24, 2.45) is 10.1 Å². The minimum Gasteiger partial charge on any atom is -0.368 e. The van der Waals surface area contributed by atoms with Crippen LogP contribution in [0.5, 0.6) is 0 Å². The average molecular weight is 420 g/mol. The highest BCUT2D eigenvalue weighted by Gasteiger charge is 2.51. The monoisotopic (exact) mass is 419 g/mol. The van der Waals surface area contributed by atoms with Crippen LogP contribution in [0.2, 0.25) is 0 Å². The molecule has 156 valence electrons. The molecule has 4 rings (SSSR count). The Morgan fingerprint density at radius 1 is 1.10 bits per heavy atom. The van der Waals surface area contributed by atoms with E-state index in [0.29, 0.717) is 23.6 Å². The lowest BCUT2D eigenvalue weighted by Crippen LogP contribution is -2.46. The van der Waals surface area contributed by atoms with Gasteiger partial charge in [0.25, 0.3) is 10.0 Å². The molecule has 9 nitrogen and oxygen atoms in total. The SMILES string of the molecule is CS(=O)(=O)N=C(c1ccc(N2C(=O)N3CCC[C@@H]3C2C(N)=O)cc1)N1CCCC1. The van der Waals surface area contributed by atoms with Crippen LogP contribution in [-0.2, 0) is 14.8 Å². The van der Waals surface area contributed by atoms with Gasteiger partial charge in [0.2, 0.25) is 5.91 Å². The Morgan fingerprint density at radius 2 is 1.76 bits per heavy atom. The largest absolute Gasteiger partial charge is 0.368 e. The fourth-order valence-electron chi connectivity index (χ4n) is 4.53. The standard InChI is InChI=1S/C19H25N5O4S/c1-29(27,28)21-18(22-10-2-3-11-22)13-6-8-14(9-7-13)24-16(17(20)25)15-5-4-12-23(15)19(24)26/h6-9,15-16H,2-5,10-12H2,1H3,(H2,20,25)/t15-,16?/m1/s1. The lowest BCUT2D eigenvalue weighted by Gasteiger charge is -2.24. The smallest absolute Gasteiger partial charge is 0.325 e. The zero-order valence-corrected chi connectivity index (χ0v) is 17.1. The topological polar surface area (TPSA) is 116 Å². The van der Waals surface area contributed by atoms with Crippen LogP contribution >= 0.6 is 0 Å². The van der Waals surface area contributed by atoms with Crippen LogP contribution in [0.4, 0.5) is 10.5 Å². The molecule has 3 amide bonds. The summed E-state index contributed by atoms with van der Waals surface area (Å²) in [5.41, 5.74) is 6.85. The van der Waals surface area contributed by atoms with E-state index in [1.807, 2.05) is 4.90 Å². The molecule has 0 saturated carbocycles. The number of sulfonamides is 1. The van der Waals surface area contributed by atoms with Crippen molar-refractivity contribution in [2.45, 2.75) is 37.8 Å². The molecule has 3 aliphatic rings. The molecule has 0 aliphatic carbocycles. The summed E-state index contributed by atoms with van der Waals surface area (Å²) in [6, 6.07) is 5.83. The number of likely N-dealkylation sites (tertiary alicyclic amines) is 1. The Labute approximate surface area is 170 Å². The summed E-state index contributed by atoms with van der Waals surface area (Å²) in [6.45, 7) is 2.13. The van der Waals surface area contributed by atoms with E-state index in [4.69, 9.17) is 5.73 Å². The number of benzene rings is 1. The number of anilines is 1. The van der Waals surface area contributed by atoms with Crippen molar-refractivity contribution in [1.82, 2.24) is 9.80 Å². The average Bonchev–Trinajstić information content (AvgIpc) is 3.38. The number of fused-ring (bicyclic) bond motifs is 1. The number of carbonyl (C=O) groups excluding carboxylic acids is 2. The molecule has 0 radical (unpaired) electrons. The first-order valence-electron chi connectivity index (χ1n) is 9.81. The summed E-state index contributed by atoms with van der Waals surface area (Å²) in [4.78, 5) is 30.1. The third kappa shape index (κ3) is 3.68. The lowest BCUT2D eigenvalue weighted by atomic mass is 10.0. The summed E-state index contributed by atoms with van der Waals surface area (Å²) in [7, 11) is -3.56. The van der Waals surface area contributed by atoms with Gasteiger partial charge in [-0.2, -0.15) is 0 Å². The minimum atomic E-state index is -3.56. The number of nitrogens with two attached hydrogens (primary N) is 1. The Kier molecular flexibility index (Phi) is 4.97. The predicted molar refractivity (Wildman–Crippen MR) is 109 cm³/mol. The van der Waals surface area contributed by atoms with Gasteiger partial charge in [-0.25, -0.2) is 13.2 Å². The van der Waals surface area contributed by atoms with Crippen LogP contribution in [-0.4, -0.2) is 74.0 Å². The van der Waals surface area contributed by atoms with E-state index in [1.54, 1.807) is 29.2 Å². The third-order valence-electron chi connectivity index (χ3n) is 5.75. The van der Waals surface area contributed by atoms with Crippen LogP contribution in [0.15, 0.2) is 28.7 Å². The highest BCUT2D eigenvalue weighted by molar-refractivity contribution is 7.89. The molecule has 0 bridgehead atoms. The van der Waals surface area contributed by atoms with Crippen molar-refractivity contribution in [2.75, 3.05) is 30.8 Å². The maximum atomic E-state index is 12.9. The van der Waals surface area contributed by atoms with E-state index in [1.165, 1.54) is 4.90 Å². The Balaban J connectivity index is 1.67. The van der Waals surface area contributed by atoms with Crippen LogP contribution in [0.3, 0.4) is 0 Å². The third-order valence-corrected chi connectivity index (χ3v) is 6.25. The van der Waals surface area contributed by atoms with Gasteiger partial charge >= 0.3 is 6.03 Å². The van der Waals surface area contributed by atoms with Gasteiger partial charge in [0.15, 0.2) is 0 Å². The van der Waals surface area contributed by atoms with Gasteiger partial charge in [0.1, 0.15) is 11.9 Å². The zero-order valence-electron chi connectivity index (χ0n) is 16.3. The van der Waals surface area contributed by atoms with Gasteiger partial charge in [-0.1, -0.05) is 0 Å². The number of carbonyl (C=O) groups is 2. The quantitative estimate of drug-likeness (QED) is 0.571. The molecule has 3 heterocycles. The molecule has 29 heavy (non-hydrogen) atoms. The van der Waals surface area contributed by atoms with E-state index < -0.39 is 22.0 Å². The second kappa shape index (κ2) is 7.33. The number of primary amides is 1. The number of rotatable bonds is 4. The molecule has 1 aromatic rings. The molecule has 3 aliphatic heterocycles. The highest BCUT2D eigenvalue weighted by Crippen LogP contribution is 2.35. The first kappa shape index (κ1) is 19.7. The van der Waals surface area contributed by atoms with Gasteiger partial charge < -0.3 is 15.5 Å². The molecule has 1 unspecified atom stereocenters. The molecular formula is C19H25N5O4S. The van der Waals surface area contributed by atoms with Crippen LogP contribution in [0.1, 0.15) is 31.2 Å². The number of amides is 3. The van der Waals surface area contributed by atoms with Crippen molar-refractivity contribution >= 4 is 33.5 Å². The lowest BCUT2D eigenvalue weighted by molar-refractivity contribution is -0.119. The van der Waals surface area contributed by atoms with E-state index in [9.17, 15) is 18.0 Å². The number of urea groups is 1. The number of nitrogens with zero attached hydrogens (tertiary/aromatic N) is 4. The fourth-order valence-corrected chi connectivity index (χ4v) is 5.06. The van der Waals surface area contributed by atoms with Gasteiger partial charge in [-0.3, -0.25) is 9.69 Å². The molecule has 3 fully saturated rings. The summed E-state index contributed by atoms with van der Waals surface area (Å²) in [6.07, 6.45) is 4.68. The summed E-state index contributed by atoms with van der Waals surface area (Å²) in [5.74, 6) is -0.107. The molecule has 0 aromatic heterocycles. The van der Waals surface area contributed by atoms with Crippen LogP contribution in [0.25, 0.3) is 0 Å². The normalized spacial score (nSPS) is 25.1. The van der Waals surface area contributed by atoms with Gasteiger partial charge in [0, 0.05) is 30.9 Å². The maximum Gasteiger partial charge on any atom is 0.325 e. The fraction of sp³-hybridized carbons (Fsp3) is 0.526. The van der Waals surface area contributed by atoms with E-state index in [-0.39, 0.29) is 12.1 Å². The van der Waals surface area contributed by atoms with Gasteiger partial charge in [-0.15, -0.1) is 4.40 Å². The molecule has 3 saturated heterocycles. The summed E-state index contributed by atoms with van der Waals surface area (Å²) in [5, 5.41) is 0. The summed E-state index contributed by atoms with van der Waals surface area (Å²) >= 11 is 0. The number of hydrogen-bond donors (Lipinski definition) is 1. The van der Waals surface area contributed by atoms with Crippen molar-refractivity contribution in [3.05, 3.63) is 29.8 Å². The second-order valence-electron chi connectivity index (χ2n) is 7.79. The Bertz CT molecular complexity index is 953. The van der Waals surface area contributed by atoms with Crippen molar-refractivity contribution < 1.29 is 18.0 Å². The first-order valence-corrected chi connectivity index (χ1v) is 11.7. The molecular weight excluding hydrogens is 394 g/mol. The van der Waals surface area contributed by atoms with E-state index >= 15 is 0 Å². The first-order chi connectivity index (χ1) is 13.8. The Morgan fingerprint density at radius 3 is 2.34 bits per heavy atom. The van der Waals surface area contributed by atoms with Gasteiger partial charge in [0.05, 0.1) is 12.3 Å². The summed E-state index contributed by atoms with van der Waals surface area (Å²) < 4.78 is 27.5.